The third-order valence-electron chi connectivity index (χ3n) is 0. The van der Waals surface area contributed by atoms with Crippen LogP contribution in [0.4, 0.5) is 0 Å². The molecule has 0 aromatic carbocycles. The van der Waals surface area contributed by atoms with E-state index in [-0.39, 0.29) is 0 Å². The minimum Gasteiger partial charge on any atom is -0.307 e. The fourth-order valence-corrected chi connectivity index (χ4v) is 0. The highest BCUT2D eigenvalue weighted by atomic mass is 16.1. The van der Waals surface area contributed by atoms with Crippen molar-refractivity contribution in [1.29, 1.82) is 0 Å². The fourth-order valence-electron chi connectivity index (χ4n) is 0. The van der Waals surface area contributed by atoms with E-state index in [4.69, 9.17) is 10.6 Å². The maximum Gasteiger partial charge on any atom is 0.106 e. The van der Waals surface area contributed by atoms with Gasteiger partial charge in [-0.15, -0.1) is 0 Å². The lowest BCUT2D eigenvalue weighted by Gasteiger charge is -1.91. The van der Waals surface area contributed by atoms with Gasteiger partial charge >= 0.3 is 0 Å². The van der Waals surface area contributed by atoms with Crippen LogP contribution in [0, 0.1) is 0 Å². The molecule has 0 spiro atoms. The summed E-state index contributed by atoms with van der Waals surface area (Å²) in [5, 5.41) is 1.50. The molecule has 3 nitrogen and oxygen atoms in total. The van der Waals surface area contributed by atoms with Gasteiger partial charge in [-0.3, -0.25) is 10.9 Å². The standard InChI is InChI=1S/C2H8N2.CH2O/c1-4(2)3;1-2/h3H2,1-2H3;1H2. The minimum absolute atomic E-state index is 1.50. The highest BCUT2D eigenvalue weighted by Crippen LogP contribution is 1.37. The van der Waals surface area contributed by atoms with Gasteiger partial charge in [0.1, 0.15) is 6.79 Å². The average molecular weight is 90.1 g/mol. The summed E-state index contributed by atoms with van der Waals surface area (Å²) in [5.41, 5.74) is 0. The molecular formula is C3H10N2O. The SMILES string of the molecule is C=O.CN(C)N. The maximum absolute atomic E-state index is 8.00. The molecule has 0 heterocycles. The molecule has 0 aliphatic carbocycles. The maximum atomic E-state index is 8.00. The van der Waals surface area contributed by atoms with Crippen LogP contribution >= 0.6 is 0 Å². The first-order valence-corrected chi connectivity index (χ1v) is 1.44. The Kier molecular flexibility index (Phi) is 13.4. The van der Waals surface area contributed by atoms with Gasteiger partial charge in [0, 0.05) is 14.1 Å². The second kappa shape index (κ2) is 8.82. The number of hydrogen-bond donors (Lipinski definition) is 1. The van der Waals surface area contributed by atoms with Crippen LogP contribution in [0.25, 0.3) is 0 Å². The first kappa shape index (κ1) is 9.14. The largest absolute Gasteiger partial charge is 0.307 e. The topological polar surface area (TPSA) is 46.3 Å². The van der Waals surface area contributed by atoms with Crippen LogP contribution in [0.2, 0.25) is 0 Å². The highest BCUT2D eigenvalue weighted by Gasteiger charge is 1.57. The van der Waals surface area contributed by atoms with Crippen LogP contribution in [-0.2, 0) is 4.79 Å². The number of nitrogens with two attached hydrogens (primary N) is 1. The molecule has 0 fully saturated rings. The lowest BCUT2D eigenvalue weighted by molar-refractivity contribution is -0.0979. The summed E-state index contributed by atoms with van der Waals surface area (Å²) in [6.45, 7) is 2.00. The Hall–Kier alpha value is -0.410. The average Bonchev–Trinajstić information content (AvgIpc) is 1.41. The van der Waals surface area contributed by atoms with Crippen molar-refractivity contribution in [1.82, 2.24) is 5.01 Å². The van der Waals surface area contributed by atoms with Crippen LogP contribution in [0.1, 0.15) is 0 Å². The molecule has 6 heavy (non-hydrogen) atoms. The van der Waals surface area contributed by atoms with Gasteiger partial charge in [0.15, 0.2) is 0 Å². The Morgan fingerprint density at radius 2 is 1.50 bits per heavy atom. The first-order chi connectivity index (χ1) is 2.73. The van der Waals surface area contributed by atoms with E-state index < -0.39 is 0 Å². The summed E-state index contributed by atoms with van der Waals surface area (Å²) < 4.78 is 0. The molecule has 0 aromatic heterocycles. The lowest BCUT2D eigenvalue weighted by Crippen LogP contribution is -2.18. The molecule has 0 aliphatic rings. The molecule has 0 rings (SSSR count). The Morgan fingerprint density at radius 3 is 1.50 bits per heavy atom. The van der Waals surface area contributed by atoms with Crippen LogP contribution in [0.15, 0.2) is 0 Å². The van der Waals surface area contributed by atoms with Crippen molar-refractivity contribution in [3.8, 4) is 0 Å². The molecule has 0 aliphatic heterocycles. The van der Waals surface area contributed by atoms with E-state index in [9.17, 15) is 0 Å². The summed E-state index contributed by atoms with van der Waals surface area (Å²) >= 11 is 0. The van der Waals surface area contributed by atoms with E-state index in [1.807, 2.05) is 6.79 Å². The Bertz CT molecular complexity index is 20.0. The van der Waals surface area contributed by atoms with Gasteiger partial charge in [0.2, 0.25) is 0 Å². The monoisotopic (exact) mass is 90.1 g/mol. The van der Waals surface area contributed by atoms with Gasteiger partial charge in [0.25, 0.3) is 0 Å². The van der Waals surface area contributed by atoms with Crippen molar-refractivity contribution >= 4 is 6.79 Å². The summed E-state index contributed by atoms with van der Waals surface area (Å²) in [5.74, 6) is 4.94. The smallest absolute Gasteiger partial charge is 0.106 e. The third kappa shape index (κ3) is 143. The summed E-state index contributed by atoms with van der Waals surface area (Å²) in [6, 6.07) is 0. The minimum atomic E-state index is 1.50. The summed E-state index contributed by atoms with van der Waals surface area (Å²) in [6.07, 6.45) is 0. The summed E-state index contributed by atoms with van der Waals surface area (Å²) in [4.78, 5) is 8.00. The second-order valence-electron chi connectivity index (χ2n) is 0.964. The van der Waals surface area contributed by atoms with E-state index in [0.717, 1.165) is 0 Å². The van der Waals surface area contributed by atoms with Crippen molar-refractivity contribution in [2.75, 3.05) is 14.1 Å². The van der Waals surface area contributed by atoms with Gasteiger partial charge in [-0.25, -0.2) is 0 Å². The van der Waals surface area contributed by atoms with Crippen molar-refractivity contribution in [2.45, 2.75) is 0 Å². The zero-order valence-electron chi connectivity index (χ0n) is 4.14. The molecule has 0 atom stereocenters. The number of nitrogens with zero attached hydrogens (tertiary/aromatic N) is 1. The molecule has 0 unspecified atom stereocenters. The Morgan fingerprint density at radius 1 is 1.50 bits per heavy atom. The zero-order chi connectivity index (χ0) is 5.58. The third-order valence-corrected chi connectivity index (χ3v) is 0. The number of carbonyl (C=O) groups is 1. The molecule has 3 heteroatoms. The van der Waals surface area contributed by atoms with E-state index in [2.05, 4.69) is 0 Å². The quantitative estimate of drug-likeness (QED) is 0.314. The zero-order valence-corrected chi connectivity index (χ0v) is 4.14. The van der Waals surface area contributed by atoms with Crippen molar-refractivity contribution in [3.05, 3.63) is 0 Å². The Balaban J connectivity index is 0. The molecule has 0 aromatic rings. The number of carbonyl (C=O) groups excluding carboxylic acids is 1. The molecule has 0 bridgehead atoms. The van der Waals surface area contributed by atoms with Crippen LogP contribution in [0.3, 0.4) is 0 Å². The van der Waals surface area contributed by atoms with Gasteiger partial charge in [-0.2, -0.15) is 0 Å². The molecule has 38 valence electrons. The normalized spacial score (nSPS) is 6.67. The van der Waals surface area contributed by atoms with E-state index in [1.54, 1.807) is 14.1 Å². The van der Waals surface area contributed by atoms with Crippen molar-refractivity contribution in [3.63, 3.8) is 0 Å². The number of hydrazine groups is 1. The highest BCUT2D eigenvalue weighted by molar-refractivity contribution is 5.10. The van der Waals surface area contributed by atoms with Crippen molar-refractivity contribution < 1.29 is 4.79 Å². The predicted molar refractivity (Wildman–Crippen MR) is 25.0 cm³/mol. The van der Waals surface area contributed by atoms with E-state index >= 15 is 0 Å². The van der Waals surface area contributed by atoms with Gasteiger partial charge in [-0.1, -0.05) is 0 Å². The van der Waals surface area contributed by atoms with E-state index in [0.29, 0.717) is 0 Å². The van der Waals surface area contributed by atoms with Gasteiger partial charge in [0.05, 0.1) is 0 Å². The van der Waals surface area contributed by atoms with Crippen LogP contribution < -0.4 is 5.84 Å². The van der Waals surface area contributed by atoms with Crippen molar-refractivity contribution in [2.24, 2.45) is 5.84 Å². The van der Waals surface area contributed by atoms with Crippen LogP contribution in [-0.4, -0.2) is 25.9 Å². The molecule has 0 saturated carbocycles. The molecule has 2 N–H and O–H groups in total. The molecule has 0 radical (unpaired) electrons. The second-order valence-corrected chi connectivity index (χ2v) is 0.964. The number of rotatable bonds is 0. The van der Waals surface area contributed by atoms with Gasteiger partial charge in [-0.05, 0) is 0 Å². The molecule has 0 amide bonds. The number of hydrogen-bond acceptors (Lipinski definition) is 3. The lowest BCUT2D eigenvalue weighted by atomic mass is 11.2. The van der Waals surface area contributed by atoms with E-state index in [1.165, 1.54) is 5.01 Å². The van der Waals surface area contributed by atoms with Crippen LogP contribution in [0.5, 0.6) is 0 Å². The molecule has 0 saturated heterocycles. The summed E-state index contributed by atoms with van der Waals surface area (Å²) in [7, 11) is 3.56. The first-order valence-electron chi connectivity index (χ1n) is 1.44. The van der Waals surface area contributed by atoms with Gasteiger partial charge < -0.3 is 4.79 Å². The molecular weight excluding hydrogens is 80.0 g/mol. The predicted octanol–water partition coefficient (Wildman–Crippen LogP) is -0.763. The fraction of sp³-hybridized carbons (Fsp3) is 0.667. The Labute approximate surface area is 37.7 Å².